The van der Waals surface area contributed by atoms with Gasteiger partial charge in [0.05, 0.1) is 0 Å². The van der Waals surface area contributed by atoms with Crippen LogP contribution in [0.3, 0.4) is 0 Å². The normalized spacial score (nSPS) is 21.6. The van der Waals surface area contributed by atoms with E-state index in [1.165, 1.54) is 5.56 Å². The maximum Gasteiger partial charge on any atom is 0.249 e. The van der Waals surface area contributed by atoms with Gasteiger partial charge < -0.3 is 9.80 Å². The van der Waals surface area contributed by atoms with Gasteiger partial charge in [-0.2, -0.15) is 0 Å². The molecule has 4 nitrogen and oxygen atoms in total. The molecule has 0 saturated carbocycles. The molecule has 0 radical (unpaired) electrons. The molecule has 2 aliphatic rings. The van der Waals surface area contributed by atoms with Crippen LogP contribution in [0.25, 0.3) is 0 Å². The molecule has 1 saturated heterocycles. The number of fused-ring (bicyclic) bond motifs is 1. The SMILES string of the molecule is CC(=O)N1CCCC1C(=O)N1CCc2ccccc21. The molecule has 0 N–H and O–H groups in total. The molecule has 1 aromatic rings. The summed E-state index contributed by atoms with van der Waals surface area (Å²) in [4.78, 5) is 27.8. The van der Waals surface area contributed by atoms with Crippen LogP contribution in [0.5, 0.6) is 0 Å². The topological polar surface area (TPSA) is 40.6 Å². The van der Waals surface area contributed by atoms with E-state index in [0.717, 1.165) is 31.5 Å². The number of hydrogen-bond donors (Lipinski definition) is 0. The third-order valence-corrected chi connectivity index (χ3v) is 4.10. The highest BCUT2D eigenvalue weighted by atomic mass is 16.2. The summed E-state index contributed by atoms with van der Waals surface area (Å²) in [7, 11) is 0. The Morgan fingerprint density at radius 1 is 1.21 bits per heavy atom. The number of hydrogen-bond acceptors (Lipinski definition) is 2. The molecule has 0 aromatic heterocycles. The lowest BCUT2D eigenvalue weighted by Gasteiger charge is -2.27. The van der Waals surface area contributed by atoms with Crippen LogP contribution in [-0.4, -0.2) is 35.8 Å². The molecule has 2 heterocycles. The molecule has 1 unspecified atom stereocenters. The first-order valence-corrected chi connectivity index (χ1v) is 6.85. The second kappa shape index (κ2) is 4.68. The van der Waals surface area contributed by atoms with Crippen LogP contribution in [0.2, 0.25) is 0 Å². The highest BCUT2D eigenvalue weighted by Gasteiger charge is 2.37. The Morgan fingerprint density at radius 3 is 2.79 bits per heavy atom. The molecule has 2 amide bonds. The van der Waals surface area contributed by atoms with Crippen molar-refractivity contribution in [1.82, 2.24) is 4.90 Å². The lowest BCUT2D eigenvalue weighted by Crippen LogP contribution is -2.46. The molecule has 2 aliphatic heterocycles. The quantitative estimate of drug-likeness (QED) is 0.767. The zero-order valence-corrected chi connectivity index (χ0v) is 11.1. The fourth-order valence-corrected chi connectivity index (χ4v) is 3.15. The van der Waals surface area contributed by atoms with E-state index in [1.54, 1.807) is 11.8 Å². The van der Waals surface area contributed by atoms with E-state index in [4.69, 9.17) is 0 Å². The molecule has 1 fully saturated rings. The summed E-state index contributed by atoms with van der Waals surface area (Å²) < 4.78 is 0. The summed E-state index contributed by atoms with van der Waals surface area (Å²) in [6.07, 6.45) is 2.62. The van der Waals surface area contributed by atoms with Gasteiger partial charge in [0.1, 0.15) is 6.04 Å². The summed E-state index contributed by atoms with van der Waals surface area (Å²) in [5.74, 6) is 0.0842. The van der Waals surface area contributed by atoms with Gasteiger partial charge in [-0.15, -0.1) is 0 Å². The number of rotatable bonds is 1. The zero-order chi connectivity index (χ0) is 13.4. The molecule has 19 heavy (non-hydrogen) atoms. The Labute approximate surface area is 113 Å². The molecule has 0 spiro atoms. The van der Waals surface area contributed by atoms with Crippen LogP contribution >= 0.6 is 0 Å². The maximum absolute atomic E-state index is 12.7. The number of carbonyl (C=O) groups is 2. The van der Waals surface area contributed by atoms with E-state index in [1.807, 2.05) is 23.1 Å². The van der Waals surface area contributed by atoms with E-state index < -0.39 is 0 Å². The van der Waals surface area contributed by atoms with Crippen LogP contribution in [0.1, 0.15) is 25.3 Å². The fraction of sp³-hybridized carbons (Fsp3) is 0.467. The van der Waals surface area contributed by atoms with Gasteiger partial charge in [0, 0.05) is 25.7 Å². The number of anilines is 1. The number of amides is 2. The summed E-state index contributed by atoms with van der Waals surface area (Å²) >= 11 is 0. The highest BCUT2D eigenvalue weighted by molar-refractivity contribution is 6.00. The average Bonchev–Trinajstić information content (AvgIpc) is 3.05. The van der Waals surface area contributed by atoms with Crippen LogP contribution in [-0.2, 0) is 16.0 Å². The van der Waals surface area contributed by atoms with Crippen molar-refractivity contribution >= 4 is 17.5 Å². The number of carbonyl (C=O) groups excluding carboxylic acids is 2. The van der Waals surface area contributed by atoms with Gasteiger partial charge >= 0.3 is 0 Å². The predicted molar refractivity (Wildman–Crippen MR) is 72.9 cm³/mol. The van der Waals surface area contributed by atoms with Gasteiger partial charge in [-0.3, -0.25) is 9.59 Å². The van der Waals surface area contributed by atoms with E-state index in [0.29, 0.717) is 6.54 Å². The van der Waals surface area contributed by atoms with Crippen molar-refractivity contribution in [3.05, 3.63) is 29.8 Å². The minimum Gasteiger partial charge on any atom is -0.331 e. The van der Waals surface area contributed by atoms with Crippen molar-refractivity contribution in [3.8, 4) is 0 Å². The van der Waals surface area contributed by atoms with Crippen molar-refractivity contribution in [2.45, 2.75) is 32.2 Å². The Morgan fingerprint density at radius 2 is 2.00 bits per heavy atom. The van der Waals surface area contributed by atoms with Gasteiger partial charge in [-0.1, -0.05) is 18.2 Å². The summed E-state index contributed by atoms with van der Waals surface area (Å²) in [6.45, 7) is 2.99. The molecule has 0 aliphatic carbocycles. The number of para-hydroxylation sites is 1. The maximum atomic E-state index is 12.7. The van der Waals surface area contributed by atoms with Crippen LogP contribution in [0.15, 0.2) is 24.3 Å². The third kappa shape index (κ3) is 2.01. The molecule has 3 rings (SSSR count). The van der Waals surface area contributed by atoms with E-state index in [9.17, 15) is 9.59 Å². The van der Waals surface area contributed by atoms with Crippen molar-refractivity contribution in [1.29, 1.82) is 0 Å². The molecular weight excluding hydrogens is 240 g/mol. The van der Waals surface area contributed by atoms with Gasteiger partial charge in [-0.05, 0) is 30.9 Å². The Bertz CT molecular complexity index is 527. The summed E-state index contributed by atoms with van der Waals surface area (Å²) in [5.41, 5.74) is 2.24. The molecule has 100 valence electrons. The van der Waals surface area contributed by atoms with Gasteiger partial charge in [0.2, 0.25) is 11.8 Å². The number of benzene rings is 1. The van der Waals surface area contributed by atoms with Crippen LogP contribution in [0, 0.1) is 0 Å². The Balaban J connectivity index is 1.84. The standard InChI is InChI=1S/C15H18N2O2/c1-11(18)16-9-4-7-14(16)15(19)17-10-8-12-5-2-3-6-13(12)17/h2-3,5-6,14H,4,7-10H2,1H3. The molecule has 1 atom stereocenters. The van der Waals surface area contributed by atoms with E-state index in [2.05, 4.69) is 6.07 Å². The summed E-state index contributed by atoms with van der Waals surface area (Å²) in [5, 5.41) is 0. The van der Waals surface area contributed by atoms with Crippen molar-refractivity contribution < 1.29 is 9.59 Å². The first-order valence-electron chi connectivity index (χ1n) is 6.85. The fourth-order valence-electron chi connectivity index (χ4n) is 3.15. The minimum atomic E-state index is -0.261. The lowest BCUT2D eigenvalue weighted by atomic mass is 10.1. The first kappa shape index (κ1) is 12.2. The molecule has 1 aromatic carbocycles. The van der Waals surface area contributed by atoms with Gasteiger partial charge in [0.25, 0.3) is 0 Å². The van der Waals surface area contributed by atoms with Crippen LogP contribution < -0.4 is 4.90 Å². The third-order valence-electron chi connectivity index (χ3n) is 4.10. The number of likely N-dealkylation sites (tertiary alicyclic amines) is 1. The molecule has 0 bridgehead atoms. The zero-order valence-electron chi connectivity index (χ0n) is 11.1. The first-order chi connectivity index (χ1) is 9.18. The van der Waals surface area contributed by atoms with Crippen molar-refractivity contribution in [2.24, 2.45) is 0 Å². The minimum absolute atomic E-state index is 0.00309. The Kier molecular flexibility index (Phi) is 3.01. The smallest absolute Gasteiger partial charge is 0.249 e. The lowest BCUT2D eigenvalue weighted by molar-refractivity contribution is -0.135. The van der Waals surface area contributed by atoms with Crippen molar-refractivity contribution in [3.63, 3.8) is 0 Å². The summed E-state index contributed by atoms with van der Waals surface area (Å²) in [6, 6.07) is 7.77. The molecule has 4 heteroatoms. The van der Waals surface area contributed by atoms with Gasteiger partial charge in [0.15, 0.2) is 0 Å². The predicted octanol–water partition coefficient (Wildman–Crippen LogP) is 1.59. The second-order valence-corrected chi connectivity index (χ2v) is 5.24. The van der Waals surface area contributed by atoms with Gasteiger partial charge in [-0.25, -0.2) is 0 Å². The second-order valence-electron chi connectivity index (χ2n) is 5.24. The Hall–Kier alpha value is -1.84. The van der Waals surface area contributed by atoms with E-state index >= 15 is 0 Å². The van der Waals surface area contributed by atoms with Crippen molar-refractivity contribution in [2.75, 3.05) is 18.0 Å². The molecular formula is C15H18N2O2. The highest BCUT2D eigenvalue weighted by Crippen LogP contribution is 2.30. The average molecular weight is 258 g/mol. The van der Waals surface area contributed by atoms with E-state index in [-0.39, 0.29) is 17.9 Å². The monoisotopic (exact) mass is 258 g/mol. The van der Waals surface area contributed by atoms with Crippen LogP contribution in [0.4, 0.5) is 5.69 Å². The number of nitrogens with zero attached hydrogens (tertiary/aromatic N) is 2. The largest absolute Gasteiger partial charge is 0.331 e.